The van der Waals surface area contributed by atoms with E-state index in [0.717, 1.165) is 28.7 Å². The van der Waals surface area contributed by atoms with E-state index in [4.69, 9.17) is 23.8 Å². The van der Waals surface area contributed by atoms with Crippen molar-refractivity contribution in [2.45, 2.75) is 59.8 Å². The zero-order valence-electron chi connectivity index (χ0n) is 38.4. The maximum Gasteiger partial charge on any atom is 0.414 e. The van der Waals surface area contributed by atoms with Crippen LogP contribution in [-0.2, 0) is 10.1 Å². The molecule has 5 aromatic carbocycles. The number of carbonyl (C=O) groups is 2. The van der Waals surface area contributed by atoms with E-state index in [1.54, 1.807) is 60.9 Å². The number of aromatic nitrogens is 2. The Hall–Kier alpha value is -7.12. The van der Waals surface area contributed by atoms with E-state index in [0.29, 0.717) is 42.5 Å². The SMILES string of the molecule is CCO[n+]1ccccc1C(=O)Oc1cccc(C)c1C.CCO[n+]1ccccc1C(=O)Oc1cccc(C)c1C.[O-]B([O-])OCCCC(c1ccccc1)(c1ccccc1)c1ccccc1. The van der Waals surface area contributed by atoms with Crippen LogP contribution in [0.3, 0.4) is 0 Å². The number of nitrogens with zero attached hydrogens (tertiary/aromatic N) is 2. The Morgan fingerprint density at radius 3 is 1.26 bits per heavy atom. The smallest absolute Gasteiger partial charge is 0.414 e. The largest absolute Gasteiger partial charge is 0.871 e. The van der Waals surface area contributed by atoms with Gasteiger partial charge in [-0.25, -0.2) is 9.59 Å². The number of benzene rings is 5. The molecule has 0 N–H and O–H groups in total. The van der Waals surface area contributed by atoms with Gasteiger partial charge in [0.05, 0.1) is 7.32 Å². The molecule has 0 aliphatic rings. The highest BCUT2D eigenvalue weighted by molar-refractivity contribution is 6.28. The topological polar surface area (TPSA) is 134 Å². The molecule has 0 unspecified atom stereocenters. The molecule has 12 heteroatoms. The molecule has 0 fully saturated rings. The van der Waals surface area contributed by atoms with Gasteiger partial charge in [-0.3, -0.25) is 9.68 Å². The highest BCUT2D eigenvalue weighted by Crippen LogP contribution is 2.43. The third-order valence-corrected chi connectivity index (χ3v) is 10.9. The molecule has 11 nitrogen and oxygen atoms in total. The van der Waals surface area contributed by atoms with E-state index < -0.39 is 19.3 Å². The van der Waals surface area contributed by atoms with Crippen LogP contribution in [0.4, 0.5) is 0 Å². The summed E-state index contributed by atoms with van der Waals surface area (Å²) in [7, 11) is -2.23. The Balaban J connectivity index is 0.000000188. The zero-order valence-corrected chi connectivity index (χ0v) is 38.4. The summed E-state index contributed by atoms with van der Waals surface area (Å²) in [4.78, 5) is 35.2. The molecule has 0 amide bonds. The zero-order chi connectivity index (χ0) is 47.3. The number of hydrogen-bond donors (Lipinski definition) is 0. The van der Waals surface area contributed by atoms with Crippen molar-refractivity contribution in [2.75, 3.05) is 19.8 Å². The Morgan fingerprint density at radius 2 is 0.894 bits per heavy atom. The molecule has 0 spiro atoms. The number of hydrogen-bond acceptors (Lipinski definition) is 9. The molecule has 2 aromatic heterocycles. The quantitative estimate of drug-likeness (QED) is 0.0250. The number of carbonyl (C=O) groups excluding carboxylic acids is 2. The summed E-state index contributed by atoms with van der Waals surface area (Å²) < 4.78 is 18.5. The third kappa shape index (κ3) is 13.5. The van der Waals surface area contributed by atoms with Crippen LogP contribution in [0.5, 0.6) is 11.5 Å². The number of aryl methyl sites for hydroxylation is 2. The van der Waals surface area contributed by atoms with Crippen LogP contribution >= 0.6 is 0 Å². The molecule has 0 aliphatic heterocycles. The molecular formula is C54H57BN2O9. The van der Waals surface area contributed by atoms with Crippen molar-refractivity contribution in [1.29, 1.82) is 0 Å². The van der Waals surface area contributed by atoms with E-state index >= 15 is 0 Å². The first kappa shape index (κ1) is 49.9. The Bertz CT molecular complexity index is 2390. The first-order chi connectivity index (χ1) is 32.0. The van der Waals surface area contributed by atoms with Crippen molar-refractivity contribution in [2.24, 2.45) is 0 Å². The van der Waals surface area contributed by atoms with E-state index in [1.807, 2.05) is 120 Å². The van der Waals surface area contributed by atoms with E-state index in [1.165, 1.54) is 26.2 Å². The number of esters is 2. The van der Waals surface area contributed by atoms with Gasteiger partial charge in [0.15, 0.2) is 13.2 Å². The van der Waals surface area contributed by atoms with Gasteiger partial charge in [0.2, 0.25) is 12.4 Å². The predicted octanol–water partition coefficient (Wildman–Crippen LogP) is 7.04. The fraction of sp³-hybridized carbons (Fsp3) is 0.222. The molecular weight excluding hydrogens is 831 g/mol. The molecule has 340 valence electrons. The number of rotatable bonds is 16. The lowest BCUT2D eigenvalue weighted by atomic mass is 9.67. The summed E-state index contributed by atoms with van der Waals surface area (Å²) in [5, 5.41) is 21.4. The molecule has 2 heterocycles. The van der Waals surface area contributed by atoms with Gasteiger partial charge >= 0.3 is 23.3 Å². The van der Waals surface area contributed by atoms with Crippen molar-refractivity contribution < 1.29 is 52.9 Å². The van der Waals surface area contributed by atoms with E-state index in [-0.39, 0.29) is 12.0 Å². The molecule has 0 bridgehead atoms. The lowest BCUT2D eigenvalue weighted by molar-refractivity contribution is -0.892. The highest BCUT2D eigenvalue weighted by atomic mass is 16.7. The number of ether oxygens (including phenoxy) is 2. The van der Waals surface area contributed by atoms with Gasteiger partial charge in [-0.1, -0.05) is 115 Å². The van der Waals surface area contributed by atoms with Crippen LogP contribution in [0, 0.1) is 27.7 Å². The van der Waals surface area contributed by atoms with Crippen molar-refractivity contribution >= 4 is 19.3 Å². The minimum absolute atomic E-state index is 0.159. The minimum atomic E-state index is -2.23. The summed E-state index contributed by atoms with van der Waals surface area (Å²) in [6.07, 6.45) is 4.71. The van der Waals surface area contributed by atoms with E-state index in [9.17, 15) is 19.6 Å². The summed E-state index contributed by atoms with van der Waals surface area (Å²) in [6, 6.07) is 52.8. The van der Waals surface area contributed by atoms with Crippen molar-refractivity contribution in [3.05, 3.63) is 227 Å². The van der Waals surface area contributed by atoms with Crippen LogP contribution in [0.15, 0.2) is 176 Å². The normalized spacial score (nSPS) is 10.6. The molecule has 66 heavy (non-hydrogen) atoms. The van der Waals surface area contributed by atoms with Gasteiger partial charge in [-0.15, -0.1) is 0 Å². The lowest BCUT2D eigenvalue weighted by Crippen LogP contribution is -2.48. The van der Waals surface area contributed by atoms with Crippen molar-refractivity contribution in [3.8, 4) is 11.5 Å². The first-order valence-electron chi connectivity index (χ1n) is 21.9. The third-order valence-electron chi connectivity index (χ3n) is 10.9. The van der Waals surface area contributed by atoms with Crippen LogP contribution in [0.1, 0.15) is 86.6 Å². The summed E-state index contributed by atoms with van der Waals surface area (Å²) >= 11 is 0. The van der Waals surface area contributed by atoms with Gasteiger partial charge in [0.25, 0.3) is 0 Å². The second kappa shape index (κ2) is 25.4. The molecule has 0 radical (unpaired) electrons. The molecule has 0 saturated carbocycles. The Morgan fingerprint density at radius 1 is 0.515 bits per heavy atom. The standard InChI is InChI=1S/C22H21BO3.2C16H18NO3/c24-23(25)26-18-10-17-22(19-11-4-1-5-12-19,20-13-6-2-7-14-20)21-15-8-3-9-16-21;2*1-4-19-17-11-6-5-9-14(17)16(18)20-15-10-7-8-12(2)13(15)3/h1-9,11-16H,10,17-18H2;2*5-11H,4H2,1-3H3/q-2;2*+1. The van der Waals surface area contributed by atoms with Crippen LogP contribution < -0.4 is 38.7 Å². The second-order valence-electron chi connectivity index (χ2n) is 15.1. The fourth-order valence-corrected chi connectivity index (χ4v) is 7.27. The minimum Gasteiger partial charge on any atom is -0.871 e. The summed E-state index contributed by atoms with van der Waals surface area (Å²) in [5.41, 5.74) is 7.97. The number of pyridine rings is 2. The predicted molar refractivity (Wildman–Crippen MR) is 249 cm³/mol. The second-order valence-corrected chi connectivity index (χ2v) is 15.1. The molecule has 0 atom stereocenters. The average Bonchev–Trinajstić information content (AvgIpc) is 3.34. The summed E-state index contributed by atoms with van der Waals surface area (Å²) in [5.74, 6) is 0.268. The van der Waals surface area contributed by atoms with Gasteiger partial charge in [0.1, 0.15) is 11.5 Å². The van der Waals surface area contributed by atoms with Crippen LogP contribution in [0.2, 0.25) is 0 Å². The molecule has 7 aromatic rings. The van der Waals surface area contributed by atoms with E-state index in [2.05, 4.69) is 36.4 Å². The van der Waals surface area contributed by atoms with Gasteiger partial charge in [0, 0.05) is 45.7 Å². The Kier molecular flexibility index (Phi) is 19.2. The van der Waals surface area contributed by atoms with Crippen LogP contribution in [0.25, 0.3) is 0 Å². The maximum atomic E-state index is 12.3. The molecule has 0 saturated heterocycles. The monoisotopic (exact) mass is 888 g/mol. The van der Waals surface area contributed by atoms with Crippen molar-refractivity contribution in [3.63, 3.8) is 0 Å². The molecule has 7 rings (SSSR count). The van der Waals surface area contributed by atoms with Crippen molar-refractivity contribution in [1.82, 2.24) is 0 Å². The first-order valence-corrected chi connectivity index (χ1v) is 21.9. The maximum absolute atomic E-state index is 12.3. The summed E-state index contributed by atoms with van der Waals surface area (Å²) in [6.45, 7) is 12.6. The fourth-order valence-electron chi connectivity index (χ4n) is 7.27. The highest BCUT2D eigenvalue weighted by Gasteiger charge is 2.35. The van der Waals surface area contributed by atoms with Gasteiger partial charge in [-0.2, -0.15) is 0 Å². The van der Waals surface area contributed by atoms with Crippen LogP contribution in [-0.4, -0.2) is 39.1 Å². The van der Waals surface area contributed by atoms with Gasteiger partial charge < -0.3 is 24.2 Å². The molecule has 0 aliphatic carbocycles. The lowest BCUT2D eigenvalue weighted by Gasteiger charge is -2.37. The Labute approximate surface area is 388 Å². The van der Waals surface area contributed by atoms with Gasteiger partial charge in [-0.05, 0) is 118 Å². The average molecular weight is 889 g/mol.